The third-order valence-electron chi connectivity index (χ3n) is 3.07. The van der Waals surface area contributed by atoms with E-state index in [1.54, 1.807) is 12.1 Å². The normalized spacial score (nSPS) is 10.8. The Bertz CT molecular complexity index is 748. The lowest BCUT2D eigenvalue weighted by molar-refractivity contribution is -0.0498. The smallest absolute Gasteiger partial charge is 0.387 e. The van der Waals surface area contributed by atoms with Gasteiger partial charge in [0.2, 0.25) is 0 Å². The number of anilines is 1. The molecule has 0 spiro atoms. The molecule has 24 heavy (non-hydrogen) atoms. The number of aldehydes is 1. The summed E-state index contributed by atoms with van der Waals surface area (Å²) in [6.45, 7) is 0.897. The molecule has 0 bridgehead atoms. The first-order valence-electron chi connectivity index (χ1n) is 7.26. The van der Waals surface area contributed by atoms with Gasteiger partial charge in [-0.05, 0) is 32.0 Å². The average Bonchev–Trinajstić information content (AvgIpc) is 2.53. The first-order valence-corrected chi connectivity index (χ1v) is 7.26. The Morgan fingerprint density at radius 3 is 2.71 bits per heavy atom. The molecule has 0 atom stereocenters. The van der Waals surface area contributed by atoms with Crippen LogP contribution in [0.2, 0.25) is 0 Å². The van der Waals surface area contributed by atoms with Crippen molar-refractivity contribution < 1.29 is 18.3 Å². The van der Waals surface area contributed by atoms with Crippen molar-refractivity contribution in [3.8, 4) is 5.75 Å². The van der Waals surface area contributed by atoms with Crippen molar-refractivity contribution in [2.45, 2.75) is 26.5 Å². The molecule has 0 unspecified atom stereocenters. The molecule has 0 saturated carbocycles. The van der Waals surface area contributed by atoms with E-state index in [2.05, 4.69) is 15.0 Å². The van der Waals surface area contributed by atoms with Gasteiger partial charge in [-0.3, -0.25) is 15.2 Å². The van der Waals surface area contributed by atoms with Crippen LogP contribution in [-0.4, -0.2) is 29.6 Å². The molecule has 7 heteroatoms. The minimum absolute atomic E-state index is 0.0323. The number of carbonyl (C=O) groups is 1. The van der Waals surface area contributed by atoms with Gasteiger partial charge in [0, 0.05) is 23.4 Å². The Balaban J connectivity index is 2.40. The predicted molar refractivity (Wildman–Crippen MR) is 87.4 cm³/mol. The van der Waals surface area contributed by atoms with Crippen LogP contribution in [-0.2, 0) is 0 Å². The van der Waals surface area contributed by atoms with Gasteiger partial charge in [-0.1, -0.05) is 12.1 Å². The van der Waals surface area contributed by atoms with Gasteiger partial charge in [-0.15, -0.1) is 0 Å². The number of pyridine rings is 1. The number of hydrogen-bond donors (Lipinski definition) is 2. The molecule has 1 aromatic heterocycles. The highest BCUT2D eigenvalue weighted by molar-refractivity contribution is 6.13. The van der Waals surface area contributed by atoms with E-state index in [9.17, 15) is 13.6 Å². The lowest BCUT2D eigenvalue weighted by Gasteiger charge is -2.15. The summed E-state index contributed by atoms with van der Waals surface area (Å²) in [5.74, 6) is -0.0323. The molecular formula is C17H17F2N3O2. The molecule has 0 amide bonds. The standard InChI is InChI=1S/C17H17F2N3O2/c1-10(2)22-14-6-11(9-23)8-21-16(14)15(20)12-4-3-5-13(7-12)24-17(18)19/h3-10,17,20,22H,1-2H3. The first-order chi connectivity index (χ1) is 11.4. The summed E-state index contributed by atoms with van der Waals surface area (Å²) in [4.78, 5) is 15.1. The molecular weight excluding hydrogens is 316 g/mol. The number of nitrogens with zero attached hydrogens (tertiary/aromatic N) is 1. The number of rotatable bonds is 7. The minimum Gasteiger partial charge on any atom is -0.435 e. The van der Waals surface area contributed by atoms with Gasteiger partial charge < -0.3 is 10.1 Å². The van der Waals surface area contributed by atoms with Crippen LogP contribution >= 0.6 is 0 Å². The summed E-state index contributed by atoms with van der Waals surface area (Å²) in [6.07, 6.45) is 2.03. The molecule has 2 aromatic rings. The van der Waals surface area contributed by atoms with Gasteiger partial charge in [0.1, 0.15) is 11.4 Å². The highest BCUT2D eigenvalue weighted by atomic mass is 19.3. The average molecular weight is 333 g/mol. The van der Waals surface area contributed by atoms with Crippen molar-refractivity contribution in [1.29, 1.82) is 5.41 Å². The van der Waals surface area contributed by atoms with Gasteiger partial charge in [0.15, 0.2) is 6.29 Å². The van der Waals surface area contributed by atoms with E-state index in [1.165, 1.54) is 24.4 Å². The van der Waals surface area contributed by atoms with Gasteiger partial charge in [0.05, 0.1) is 11.4 Å². The maximum absolute atomic E-state index is 12.3. The number of ether oxygens (including phenoxy) is 1. The molecule has 126 valence electrons. The van der Waals surface area contributed by atoms with E-state index in [0.29, 0.717) is 28.8 Å². The second kappa shape index (κ2) is 7.63. The zero-order chi connectivity index (χ0) is 17.7. The maximum Gasteiger partial charge on any atom is 0.387 e. The summed E-state index contributed by atoms with van der Waals surface area (Å²) >= 11 is 0. The van der Waals surface area contributed by atoms with Crippen LogP contribution in [0, 0.1) is 5.41 Å². The Kier molecular flexibility index (Phi) is 5.57. The molecule has 1 aromatic carbocycles. The summed E-state index contributed by atoms with van der Waals surface area (Å²) in [7, 11) is 0. The third kappa shape index (κ3) is 4.34. The highest BCUT2D eigenvalue weighted by Crippen LogP contribution is 2.22. The van der Waals surface area contributed by atoms with E-state index < -0.39 is 6.61 Å². The van der Waals surface area contributed by atoms with Crippen LogP contribution < -0.4 is 10.1 Å². The monoisotopic (exact) mass is 333 g/mol. The van der Waals surface area contributed by atoms with E-state index in [4.69, 9.17) is 5.41 Å². The molecule has 0 aliphatic rings. The Morgan fingerprint density at radius 2 is 2.08 bits per heavy atom. The van der Waals surface area contributed by atoms with Crippen molar-refractivity contribution in [2.24, 2.45) is 0 Å². The number of aromatic nitrogens is 1. The van der Waals surface area contributed by atoms with E-state index in [1.807, 2.05) is 13.8 Å². The van der Waals surface area contributed by atoms with Gasteiger partial charge in [-0.25, -0.2) is 0 Å². The van der Waals surface area contributed by atoms with Crippen molar-refractivity contribution in [3.63, 3.8) is 0 Å². The lowest BCUT2D eigenvalue weighted by Crippen LogP contribution is -2.16. The van der Waals surface area contributed by atoms with Crippen molar-refractivity contribution in [1.82, 2.24) is 4.98 Å². The van der Waals surface area contributed by atoms with Crippen LogP contribution in [0.15, 0.2) is 36.5 Å². The van der Waals surface area contributed by atoms with Gasteiger partial charge in [-0.2, -0.15) is 8.78 Å². The number of benzene rings is 1. The Hall–Kier alpha value is -2.83. The maximum atomic E-state index is 12.3. The molecule has 2 rings (SSSR count). The fourth-order valence-electron chi connectivity index (χ4n) is 2.13. The van der Waals surface area contributed by atoms with Crippen LogP contribution in [0.25, 0.3) is 0 Å². The topological polar surface area (TPSA) is 75.1 Å². The predicted octanol–water partition coefficient (Wildman–Crippen LogP) is 3.73. The summed E-state index contributed by atoms with van der Waals surface area (Å²) in [5, 5.41) is 11.5. The summed E-state index contributed by atoms with van der Waals surface area (Å²) in [6, 6.07) is 7.53. The van der Waals surface area contributed by atoms with Crippen molar-refractivity contribution >= 4 is 17.7 Å². The molecule has 0 aliphatic carbocycles. The summed E-state index contributed by atoms with van der Waals surface area (Å²) in [5.41, 5.74) is 1.65. The molecule has 0 aliphatic heterocycles. The van der Waals surface area contributed by atoms with Crippen LogP contribution in [0.5, 0.6) is 5.75 Å². The molecule has 0 radical (unpaired) electrons. The number of carbonyl (C=O) groups excluding carboxylic acids is 1. The first kappa shape index (κ1) is 17.5. The Labute approximate surface area is 138 Å². The highest BCUT2D eigenvalue weighted by Gasteiger charge is 2.15. The molecule has 2 N–H and O–H groups in total. The number of halogens is 2. The molecule has 1 heterocycles. The SMILES string of the molecule is CC(C)Nc1cc(C=O)cnc1C(=N)c1cccc(OC(F)F)c1. The van der Waals surface area contributed by atoms with Crippen molar-refractivity contribution in [2.75, 3.05) is 5.32 Å². The number of alkyl halides is 2. The van der Waals surface area contributed by atoms with Crippen LogP contribution in [0.3, 0.4) is 0 Å². The van der Waals surface area contributed by atoms with Crippen molar-refractivity contribution in [3.05, 3.63) is 53.3 Å². The number of hydrogen-bond acceptors (Lipinski definition) is 5. The van der Waals surface area contributed by atoms with Gasteiger partial charge in [0.25, 0.3) is 0 Å². The second-order valence-electron chi connectivity index (χ2n) is 5.36. The lowest BCUT2D eigenvalue weighted by atomic mass is 10.0. The zero-order valence-corrected chi connectivity index (χ0v) is 13.2. The van der Waals surface area contributed by atoms with E-state index in [0.717, 1.165) is 0 Å². The quantitative estimate of drug-likeness (QED) is 0.598. The molecule has 5 nitrogen and oxygen atoms in total. The largest absolute Gasteiger partial charge is 0.435 e. The fraction of sp³-hybridized carbons (Fsp3) is 0.235. The third-order valence-corrected chi connectivity index (χ3v) is 3.07. The molecule has 0 saturated heterocycles. The van der Waals surface area contributed by atoms with Crippen LogP contribution in [0.4, 0.5) is 14.5 Å². The fourth-order valence-corrected chi connectivity index (χ4v) is 2.13. The van der Waals surface area contributed by atoms with E-state index in [-0.39, 0.29) is 17.5 Å². The zero-order valence-electron chi connectivity index (χ0n) is 13.2. The minimum atomic E-state index is -2.93. The van der Waals surface area contributed by atoms with E-state index >= 15 is 0 Å². The second-order valence-corrected chi connectivity index (χ2v) is 5.36. The number of nitrogens with one attached hydrogen (secondary N) is 2. The van der Waals surface area contributed by atoms with Gasteiger partial charge >= 0.3 is 6.61 Å². The molecule has 0 fully saturated rings. The Morgan fingerprint density at radius 1 is 1.33 bits per heavy atom. The summed E-state index contributed by atoms with van der Waals surface area (Å²) < 4.78 is 29.0. The van der Waals surface area contributed by atoms with Crippen LogP contribution in [0.1, 0.15) is 35.5 Å².